The van der Waals surface area contributed by atoms with Crippen molar-refractivity contribution < 1.29 is 0 Å². The predicted molar refractivity (Wildman–Crippen MR) is 63.6 cm³/mol. The quantitative estimate of drug-likeness (QED) is 0.704. The third-order valence-electron chi connectivity index (χ3n) is 1.87. The Hall–Kier alpha value is -1.70. The molecule has 1 heterocycles. The lowest BCUT2D eigenvalue weighted by molar-refractivity contribution is 1.11. The van der Waals surface area contributed by atoms with Gasteiger partial charge in [-0.1, -0.05) is 44.2 Å². The molecule has 2 nitrogen and oxygen atoms in total. The molecular formula is C13H16N2. The zero-order chi connectivity index (χ0) is 11.1. The largest absolute Gasteiger partial charge is 0.242 e. The Bertz CT molecular complexity index is 396. The highest BCUT2D eigenvalue weighted by atomic mass is 14.8. The van der Waals surface area contributed by atoms with Crippen molar-refractivity contribution in [3.05, 3.63) is 48.4 Å². The first-order chi connectivity index (χ1) is 7.36. The van der Waals surface area contributed by atoms with Gasteiger partial charge < -0.3 is 0 Å². The van der Waals surface area contributed by atoms with E-state index < -0.39 is 0 Å². The highest BCUT2D eigenvalue weighted by Crippen LogP contribution is 2.15. The maximum Gasteiger partial charge on any atom is 0.116 e. The van der Waals surface area contributed by atoms with Crippen LogP contribution in [0.5, 0.6) is 0 Å². The summed E-state index contributed by atoms with van der Waals surface area (Å²) in [7, 11) is 0. The minimum atomic E-state index is 0.980. The van der Waals surface area contributed by atoms with E-state index in [1.165, 1.54) is 0 Å². The summed E-state index contributed by atoms with van der Waals surface area (Å²) >= 11 is 0. The second-order valence-electron chi connectivity index (χ2n) is 2.91. The lowest BCUT2D eigenvalue weighted by Gasteiger charge is -1.99. The van der Waals surface area contributed by atoms with Crippen LogP contribution >= 0.6 is 0 Å². The van der Waals surface area contributed by atoms with Gasteiger partial charge in [0.15, 0.2) is 0 Å². The Morgan fingerprint density at radius 2 is 1.60 bits per heavy atom. The van der Waals surface area contributed by atoms with Gasteiger partial charge in [-0.3, -0.25) is 0 Å². The van der Waals surface area contributed by atoms with E-state index in [4.69, 9.17) is 0 Å². The number of rotatable bonds is 1. The van der Waals surface area contributed by atoms with E-state index >= 15 is 0 Å². The van der Waals surface area contributed by atoms with Gasteiger partial charge in [0.25, 0.3) is 0 Å². The zero-order valence-electron chi connectivity index (χ0n) is 9.44. The summed E-state index contributed by atoms with van der Waals surface area (Å²) in [4.78, 5) is 8.25. The highest BCUT2D eigenvalue weighted by Gasteiger charge is 1.97. The third kappa shape index (κ3) is 3.17. The van der Waals surface area contributed by atoms with E-state index in [2.05, 4.69) is 9.97 Å². The van der Waals surface area contributed by atoms with Crippen LogP contribution in [0.4, 0.5) is 0 Å². The molecule has 0 spiro atoms. The van der Waals surface area contributed by atoms with Crippen LogP contribution in [-0.4, -0.2) is 9.97 Å². The summed E-state index contributed by atoms with van der Waals surface area (Å²) in [6.45, 7) is 5.97. The molecule has 0 N–H and O–H groups in total. The van der Waals surface area contributed by atoms with E-state index in [0.717, 1.165) is 17.0 Å². The van der Waals surface area contributed by atoms with Crippen LogP contribution < -0.4 is 0 Å². The topological polar surface area (TPSA) is 25.8 Å². The Morgan fingerprint density at radius 3 is 2.20 bits per heavy atom. The molecule has 2 aromatic rings. The summed E-state index contributed by atoms with van der Waals surface area (Å²) in [6, 6.07) is 12.1. The lowest BCUT2D eigenvalue weighted by atomic mass is 10.1. The summed E-state index contributed by atoms with van der Waals surface area (Å²) in [5, 5.41) is 0. The number of aromatic nitrogens is 2. The van der Waals surface area contributed by atoms with Gasteiger partial charge in [-0.15, -0.1) is 0 Å². The van der Waals surface area contributed by atoms with Crippen molar-refractivity contribution in [2.75, 3.05) is 0 Å². The van der Waals surface area contributed by atoms with E-state index in [9.17, 15) is 0 Å². The summed E-state index contributed by atoms with van der Waals surface area (Å²) in [6.07, 6.45) is 1.59. The Balaban J connectivity index is 0.000000531. The van der Waals surface area contributed by atoms with Crippen LogP contribution in [0.15, 0.2) is 42.7 Å². The molecule has 0 aliphatic rings. The molecule has 0 amide bonds. The number of aryl methyl sites for hydroxylation is 1. The normalized spacial score (nSPS) is 9.00. The first kappa shape index (κ1) is 11.4. The standard InChI is InChI=1S/C11H10N2.C2H6/c1-9-7-11(13-8-12-9)10-5-3-2-4-6-10;1-2/h2-8H,1H3;1-2H3. The number of hydrogen-bond donors (Lipinski definition) is 0. The smallest absolute Gasteiger partial charge is 0.116 e. The minimum absolute atomic E-state index is 0.980. The van der Waals surface area contributed by atoms with Gasteiger partial charge in [0, 0.05) is 11.3 Å². The van der Waals surface area contributed by atoms with Crippen molar-refractivity contribution >= 4 is 0 Å². The molecule has 0 radical (unpaired) electrons. The summed E-state index contributed by atoms with van der Waals surface area (Å²) in [5.41, 5.74) is 3.11. The Morgan fingerprint density at radius 1 is 0.933 bits per heavy atom. The van der Waals surface area contributed by atoms with Crippen LogP contribution in [0.2, 0.25) is 0 Å². The molecule has 1 aromatic carbocycles. The molecule has 0 aliphatic heterocycles. The molecule has 2 rings (SSSR count). The summed E-state index contributed by atoms with van der Waals surface area (Å²) in [5.74, 6) is 0. The molecule has 0 aliphatic carbocycles. The number of nitrogens with zero attached hydrogens (tertiary/aromatic N) is 2. The van der Waals surface area contributed by atoms with Gasteiger partial charge in [-0.05, 0) is 13.0 Å². The van der Waals surface area contributed by atoms with Crippen LogP contribution in [0, 0.1) is 6.92 Å². The molecule has 78 valence electrons. The van der Waals surface area contributed by atoms with Gasteiger partial charge in [0.05, 0.1) is 5.69 Å². The van der Waals surface area contributed by atoms with Crippen molar-refractivity contribution in [3.63, 3.8) is 0 Å². The summed E-state index contributed by atoms with van der Waals surface area (Å²) < 4.78 is 0. The monoisotopic (exact) mass is 200 g/mol. The second kappa shape index (κ2) is 5.91. The van der Waals surface area contributed by atoms with Gasteiger partial charge in [-0.25, -0.2) is 9.97 Å². The maximum absolute atomic E-state index is 4.20. The predicted octanol–water partition coefficient (Wildman–Crippen LogP) is 3.48. The molecule has 0 bridgehead atoms. The Kier molecular flexibility index (Phi) is 4.48. The van der Waals surface area contributed by atoms with Crippen molar-refractivity contribution in [2.45, 2.75) is 20.8 Å². The molecule has 0 fully saturated rings. The lowest BCUT2D eigenvalue weighted by Crippen LogP contribution is -1.86. The van der Waals surface area contributed by atoms with Crippen molar-refractivity contribution in [3.8, 4) is 11.3 Å². The van der Waals surface area contributed by atoms with Crippen molar-refractivity contribution in [1.29, 1.82) is 0 Å². The van der Waals surface area contributed by atoms with Gasteiger partial charge >= 0.3 is 0 Å². The van der Waals surface area contributed by atoms with Gasteiger partial charge in [-0.2, -0.15) is 0 Å². The molecule has 1 aromatic heterocycles. The fraction of sp³-hybridized carbons (Fsp3) is 0.231. The number of benzene rings is 1. The van der Waals surface area contributed by atoms with Crippen molar-refractivity contribution in [2.24, 2.45) is 0 Å². The van der Waals surface area contributed by atoms with Gasteiger partial charge in [0.2, 0.25) is 0 Å². The highest BCUT2D eigenvalue weighted by molar-refractivity contribution is 5.58. The molecule has 2 heteroatoms. The molecule has 15 heavy (non-hydrogen) atoms. The van der Waals surface area contributed by atoms with Crippen LogP contribution in [0.1, 0.15) is 19.5 Å². The first-order valence-electron chi connectivity index (χ1n) is 5.20. The maximum atomic E-state index is 4.20. The van der Waals surface area contributed by atoms with E-state index in [-0.39, 0.29) is 0 Å². The first-order valence-corrected chi connectivity index (χ1v) is 5.20. The fourth-order valence-corrected chi connectivity index (χ4v) is 1.22. The third-order valence-corrected chi connectivity index (χ3v) is 1.87. The molecule has 0 saturated carbocycles. The molecule has 0 atom stereocenters. The Labute approximate surface area is 91.0 Å². The van der Waals surface area contributed by atoms with Crippen molar-refractivity contribution in [1.82, 2.24) is 9.97 Å². The van der Waals surface area contributed by atoms with E-state index in [1.54, 1.807) is 6.33 Å². The van der Waals surface area contributed by atoms with Crippen LogP contribution in [-0.2, 0) is 0 Å². The zero-order valence-corrected chi connectivity index (χ0v) is 9.44. The molecule has 0 saturated heterocycles. The van der Waals surface area contributed by atoms with E-state index in [0.29, 0.717) is 0 Å². The van der Waals surface area contributed by atoms with Gasteiger partial charge in [0.1, 0.15) is 6.33 Å². The van der Waals surface area contributed by atoms with E-state index in [1.807, 2.05) is 57.2 Å². The fourth-order valence-electron chi connectivity index (χ4n) is 1.22. The van der Waals surface area contributed by atoms with Crippen LogP contribution in [0.25, 0.3) is 11.3 Å². The van der Waals surface area contributed by atoms with Crippen LogP contribution in [0.3, 0.4) is 0 Å². The number of hydrogen-bond acceptors (Lipinski definition) is 2. The average Bonchev–Trinajstić information content (AvgIpc) is 2.33. The minimum Gasteiger partial charge on any atom is -0.242 e. The molecular weight excluding hydrogens is 184 g/mol. The average molecular weight is 200 g/mol. The molecule has 0 unspecified atom stereocenters. The second-order valence-corrected chi connectivity index (χ2v) is 2.91. The SMILES string of the molecule is CC.Cc1cc(-c2ccccc2)ncn1.